The molecule has 0 spiro atoms. The fourth-order valence-electron chi connectivity index (χ4n) is 3.45. The maximum absolute atomic E-state index is 12.5. The summed E-state index contributed by atoms with van der Waals surface area (Å²) < 4.78 is 1.17. The van der Waals surface area contributed by atoms with Crippen molar-refractivity contribution in [3.63, 3.8) is 0 Å². The van der Waals surface area contributed by atoms with Gasteiger partial charge in [-0.1, -0.05) is 34.5 Å². The maximum Gasteiger partial charge on any atom is 0.223 e. The molecular formula is C16H21BrN2O. The van der Waals surface area contributed by atoms with Crippen molar-refractivity contribution < 1.29 is 4.79 Å². The summed E-state index contributed by atoms with van der Waals surface area (Å²) in [6, 6.07) is 6.48. The number of hydrogen-bond donors (Lipinski definition) is 1. The third kappa shape index (κ3) is 2.77. The molecule has 1 fully saturated rings. The first-order chi connectivity index (χ1) is 9.65. The van der Waals surface area contributed by atoms with Crippen LogP contribution in [-0.4, -0.2) is 23.4 Å². The molecule has 1 saturated carbocycles. The van der Waals surface area contributed by atoms with E-state index in [0.29, 0.717) is 12.3 Å². The summed E-state index contributed by atoms with van der Waals surface area (Å²) in [5.41, 5.74) is 8.70. The van der Waals surface area contributed by atoms with Crippen molar-refractivity contribution in [3.05, 3.63) is 33.8 Å². The minimum Gasteiger partial charge on any atom is -0.338 e. The van der Waals surface area contributed by atoms with E-state index in [4.69, 9.17) is 5.73 Å². The predicted octanol–water partition coefficient (Wildman–Crippen LogP) is 2.85. The second-order valence-electron chi connectivity index (χ2n) is 6.00. The van der Waals surface area contributed by atoms with Crippen LogP contribution in [0.4, 0.5) is 0 Å². The molecule has 108 valence electrons. The molecule has 3 rings (SSSR count). The van der Waals surface area contributed by atoms with Crippen molar-refractivity contribution in [1.29, 1.82) is 0 Å². The molecule has 1 aliphatic carbocycles. The van der Waals surface area contributed by atoms with Gasteiger partial charge in [0, 0.05) is 30.0 Å². The van der Waals surface area contributed by atoms with Gasteiger partial charge >= 0.3 is 0 Å². The second-order valence-corrected chi connectivity index (χ2v) is 6.86. The van der Waals surface area contributed by atoms with Gasteiger partial charge in [0.25, 0.3) is 0 Å². The van der Waals surface area contributed by atoms with Crippen LogP contribution in [0.3, 0.4) is 0 Å². The summed E-state index contributed by atoms with van der Waals surface area (Å²) in [5, 5.41) is 0. The molecule has 3 nitrogen and oxygen atoms in total. The third-order valence-corrected chi connectivity index (χ3v) is 5.46. The Morgan fingerprint density at radius 3 is 3.00 bits per heavy atom. The fraction of sp³-hybridized carbons (Fsp3) is 0.562. The normalized spacial score (nSPS) is 25.6. The van der Waals surface area contributed by atoms with Gasteiger partial charge in [-0.15, -0.1) is 0 Å². The van der Waals surface area contributed by atoms with E-state index >= 15 is 0 Å². The number of benzene rings is 1. The summed E-state index contributed by atoms with van der Waals surface area (Å²) in [5.74, 6) is 0.671. The number of nitrogens with two attached hydrogens (primary N) is 1. The van der Waals surface area contributed by atoms with E-state index in [9.17, 15) is 4.79 Å². The van der Waals surface area contributed by atoms with Crippen LogP contribution >= 0.6 is 15.9 Å². The van der Waals surface area contributed by atoms with E-state index in [1.165, 1.54) is 22.0 Å². The van der Waals surface area contributed by atoms with Crippen LogP contribution in [0.1, 0.15) is 36.8 Å². The molecular weight excluding hydrogens is 316 g/mol. The van der Waals surface area contributed by atoms with Crippen LogP contribution in [0.25, 0.3) is 0 Å². The molecule has 4 heteroatoms. The van der Waals surface area contributed by atoms with E-state index in [1.54, 1.807) is 0 Å². The Balaban J connectivity index is 1.66. The van der Waals surface area contributed by atoms with Gasteiger partial charge in [-0.3, -0.25) is 4.79 Å². The quantitative estimate of drug-likeness (QED) is 0.902. The molecule has 1 heterocycles. The van der Waals surface area contributed by atoms with Crippen LogP contribution in [0.15, 0.2) is 22.7 Å². The van der Waals surface area contributed by atoms with E-state index in [1.807, 2.05) is 11.0 Å². The third-order valence-electron chi connectivity index (χ3n) is 4.72. The zero-order valence-corrected chi connectivity index (χ0v) is 13.2. The molecule has 2 N–H and O–H groups in total. The van der Waals surface area contributed by atoms with E-state index in [0.717, 1.165) is 32.4 Å². The first-order valence-corrected chi connectivity index (χ1v) is 8.24. The van der Waals surface area contributed by atoms with Crippen molar-refractivity contribution in [1.82, 2.24) is 4.90 Å². The van der Waals surface area contributed by atoms with Crippen molar-refractivity contribution in [2.45, 2.75) is 44.7 Å². The van der Waals surface area contributed by atoms with Crippen LogP contribution < -0.4 is 5.73 Å². The summed E-state index contributed by atoms with van der Waals surface area (Å²) in [6.45, 7) is 1.58. The standard InChI is InChI=1S/C16H21BrN2O/c17-14-5-1-4-12-10-19(8-7-13(12)14)16(20)9-11-3-2-6-15(11)18/h1,4-5,11,15H,2-3,6-10,18H2/t11-,15+/m0/s1. The van der Waals surface area contributed by atoms with E-state index < -0.39 is 0 Å². The largest absolute Gasteiger partial charge is 0.338 e. The molecule has 1 aromatic rings. The summed E-state index contributed by atoms with van der Waals surface area (Å²) in [6.07, 6.45) is 4.94. The van der Waals surface area contributed by atoms with E-state index in [2.05, 4.69) is 28.1 Å². The molecule has 1 aliphatic heterocycles. The number of fused-ring (bicyclic) bond motifs is 1. The van der Waals surface area contributed by atoms with Crippen LogP contribution in [0.5, 0.6) is 0 Å². The molecule has 0 radical (unpaired) electrons. The first kappa shape index (κ1) is 14.1. The molecule has 2 aliphatic rings. The number of halogens is 1. The van der Waals surface area contributed by atoms with Crippen molar-refractivity contribution in [2.75, 3.05) is 6.54 Å². The fourth-order valence-corrected chi connectivity index (χ4v) is 4.05. The minimum absolute atomic E-state index is 0.227. The highest BCUT2D eigenvalue weighted by atomic mass is 79.9. The SMILES string of the molecule is N[C@@H]1CCC[C@H]1CC(=O)N1CCc2c(Br)cccc2C1. The Hall–Kier alpha value is -0.870. The Kier molecular flexibility index (Phi) is 4.13. The van der Waals surface area contributed by atoms with Gasteiger partial charge in [0.2, 0.25) is 5.91 Å². The number of carbonyl (C=O) groups is 1. The maximum atomic E-state index is 12.5. The summed E-state index contributed by atoms with van der Waals surface area (Å²) >= 11 is 3.60. The lowest BCUT2D eigenvalue weighted by atomic mass is 9.96. The molecule has 1 aromatic carbocycles. The number of rotatable bonds is 2. The number of hydrogen-bond acceptors (Lipinski definition) is 2. The zero-order valence-electron chi connectivity index (χ0n) is 11.6. The average Bonchev–Trinajstić information content (AvgIpc) is 2.84. The summed E-state index contributed by atoms with van der Waals surface area (Å²) in [4.78, 5) is 14.5. The van der Waals surface area contributed by atoms with Gasteiger partial charge in [-0.25, -0.2) is 0 Å². The highest BCUT2D eigenvalue weighted by molar-refractivity contribution is 9.10. The number of carbonyl (C=O) groups excluding carboxylic acids is 1. The van der Waals surface area contributed by atoms with Crippen molar-refractivity contribution in [2.24, 2.45) is 11.7 Å². The van der Waals surface area contributed by atoms with Crippen molar-refractivity contribution >= 4 is 21.8 Å². The van der Waals surface area contributed by atoms with Crippen LogP contribution in [-0.2, 0) is 17.8 Å². The highest BCUT2D eigenvalue weighted by Gasteiger charge is 2.29. The lowest BCUT2D eigenvalue weighted by Crippen LogP contribution is -2.38. The smallest absolute Gasteiger partial charge is 0.223 e. The van der Waals surface area contributed by atoms with Gasteiger partial charge < -0.3 is 10.6 Å². The molecule has 0 aromatic heterocycles. The lowest BCUT2D eigenvalue weighted by molar-refractivity contribution is -0.133. The minimum atomic E-state index is 0.227. The molecule has 0 saturated heterocycles. The predicted molar refractivity (Wildman–Crippen MR) is 83.2 cm³/mol. The Morgan fingerprint density at radius 1 is 1.40 bits per heavy atom. The van der Waals surface area contributed by atoms with Crippen molar-refractivity contribution in [3.8, 4) is 0 Å². The number of amides is 1. The highest BCUT2D eigenvalue weighted by Crippen LogP contribution is 2.30. The summed E-state index contributed by atoms with van der Waals surface area (Å²) in [7, 11) is 0. The molecule has 1 amide bonds. The van der Waals surface area contributed by atoms with E-state index in [-0.39, 0.29) is 11.9 Å². The average molecular weight is 337 g/mol. The molecule has 0 unspecified atom stereocenters. The van der Waals surface area contributed by atoms with Crippen LogP contribution in [0, 0.1) is 5.92 Å². The van der Waals surface area contributed by atoms with Crippen LogP contribution in [0.2, 0.25) is 0 Å². The van der Waals surface area contributed by atoms with Gasteiger partial charge in [0.1, 0.15) is 0 Å². The Labute approximate surface area is 128 Å². The second kappa shape index (κ2) is 5.86. The van der Waals surface area contributed by atoms with Gasteiger partial charge in [0.15, 0.2) is 0 Å². The molecule has 0 bridgehead atoms. The lowest BCUT2D eigenvalue weighted by Gasteiger charge is -2.30. The monoisotopic (exact) mass is 336 g/mol. The Morgan fingerprint density at radius 2 is 2.25 bits per heavy atom. The Bertz CT molecular complexity index is 517. The zero-order chi connectivity index (χ0) is 14.1. The first-order valence-electron chi connectivity index (χ1n) is 7.45. The molecule has 2 atom stereocenters. The van der Waals surface area contributed by atoms with Gasteiger partial charge in [0.05, 0.1) is 0 Å². The molecule has 20 heavy (non-hydrogen) atoms. The van der Waals surface area contributed by atoms with Gasteiger partial charge in [-0.2, -0.15) is 0 Å². The van der Waals surface area contributed by atoms with Gasteiger partial charge in [-0.05, 0) is 42.4 Å². The topological polar surface area (TPSA) is 46.3 Å². The number of nitrogens with zero attached hydrogens (tertiary/aromatic N) is 1.